The highest BCUT2D eigenvalue weighted by atomic mass is 79.9. The van der Waals surface area contributed by atoms with E-state index in [2.05, 4.69) is 28.2 Å². The summed E-state index contributed by atoms with van der Waals surface area (Å²) in [6.07, 6.45) is 2.20. The highest BCUT2D eigenvalue weighted by molar-refractivity contribution is 9.10. The molecule has 3 nitrogen and oxygen atoms in total. The molecule has 1 aromatic rings. The molecule has 0 bridgehead atoms. The van der Waals surface area contributed by atoms with Gasteiger partial charge in [-0.3, -0.25) is 0 Å². The topological polar surface area (TPSA) is 47.3 Å². The molecule has 0 saturated carbocycles. The average molecular weight is 343 g/mol. The zero-order valence-corrected chi connectivity index (χ0v) is 13.4. The fourth-order valence-corrected chi connectivity index (χ4v) is 2.81. The van der Waals surface area contributed by atoms with E-state index in [4.69, 9.17) is 22.7 Å². The fourth-order valence-electron chi connectivity index (χ4n) is 2.16. The van der Waals surface area contributed by atoms with E-state index in [-0.39, 0.29) is 0 Å². The molecule has 0 amide bonds. The first kappa shape index (κ1) is 14.8. The van der Waals surface area contributed by atoms with Crippen molar-refractivity contribution in [2.45, 2.75) is 19.8 Å². The summed E-state index contributed by atoms with van der Waals surface area (Å²) in [5.41, 5.74) is 7.88. The first-order chi connectivity index (χ1) is 9.00. The zero-order valence-electron chi connectivity index (χ0n) is 11.0. The van der Waals surface area contributed by atoms with E-state index in [0.29, 0.717) is 10.4 Å². The third-order valence-electron chi connectivity index (χ3n) is 3.66. The summed E-state index contributed by atoms with van der Waals surface area (Å²) in [4.78, 5) is 0.420. The standard InChI is InChI=1S/C14H19BrN2OS/c1-14(4-6-18-7-5-14)9-17-12-3-2-10(13(16)19)8-11(12)15/h2-3,8,17H,4-7,9H2,1H3,(H2,16,19). The van der Waals surface area contributed by atoms with Crippen molar-refractivity contribution in [1.82, 2.24) is 0 Å². The molecule has 0 atom stereocenters. The Hall–Kier alpha value is -0.650. The van der Waals surface area contributed by atoms with Crippen LogP contribution in [0.2, 0.25) is 0 Å². The molecule has 0 unspecified atom stereocenters. The largest absolute Gasteiger partial charge is 0.389 e. The van der Waals surface area contributed by atoms with E-state index < -0.39 is 0 Å². The number of rotatable bonds is 4. The van der Waals surface area contributed by atoms with Crippen LogP contribution in [-0.2, 0) is 4.74 Å². The zero-order chi connectivity index (χ0) is 13.9. The van der Waals surface area contributed by atoms with Crippen LogP contribution in [0.4, 0.5) is 5.69 Å². The Kier molecular flexibility index (Phi) is 4.81. The molecule has 2 rings (SSSR count). The van der Waals surface area contributed by atoms with E-state index >= 15 is 0 Å². The van der Waals surface area contributed by atoms with Gasteiger partial charge >= 0.3 is 0 Å². The minimum absolute atomic E-state index is 0.305. The average Bonchev–Trinajstić information content (AvgIpc) is 2.38. The number of halogens is 1. The van der Waals surface area contributed by atoms with Crippen molar-refractivity contribution < 1.29 is 4.74 Å². The highest BCUT2D eigenvalue weighted by Gasteiger charge is 2.27. The maximum absolute atomic E-state index is 5.62. The van der Waals surface area contributed by atoms with Crippen LogP contribution in [0.25, 0.3) is 0 Å². The number of nitrogens with two attached hydrogens (primary N) is 1. The SMILES string of the molecule is CC1(CNc2ccc(C(N)=S)cc2Br)CCOCC1. The van der Waals surface area contributed by atoms with Gasteiger partial charge in [-0.25, -0.2) is 0 Å². The van der Waals surface area contributed by atoms with Crippen molar-refractivity contribution in [1.29, 1.82) is 0 Å². The van der Waals surface area contributed by atoms with Crippen molar-refractivity contribution in [3.63, 3.8) is 0 Å². The first-order valence-corrected chi connectivity index (χ1v) is 7.61. The van der Waals surface area contributed by atoms with Crippen LogP contribution >= 0.6 is 28.1 Å². The number of hydrogen-bond acceptors (Lipinski definition) is 3. The quantitative estimate of drug-likeness (QED) is 0.824. The Morgan fingerprint density at radius 3 is 2.74 bits per heavy atom. The Bertz CT molecular complexity index is 473. The second-order valence-corrected chi connectivity index (χ2v) is 6.63. The third kappa shape index (κ3) is 3.91. The van der Waals surface area contributed by atoms with E-state index in [9.17, 15) is 0 Å². The van der Waals surface area contributed by atoms with E-state index in [1.165, 1.54) is 0 Å². The molecule has 1 fully saturated rings. The molecule has 0 spiro atoms. The minimum atomic E-state index is 0.305. The molecular weight excluding hydrogens is 324 g/mol. The maximum Gasteiger partial charge on any atom is 0.104 e. The predicted molar refractivity (Wildman–Crippen MR) is 86.7 cm³/mol. The van der Waals surface area contributed by atoms with Gasteiger partial charge in [0.05, 0.1) is 0 Å². The Balaban J connectivity index is 2.01. The minimum Gasteiger partial charge on any atom is -0.389 e. The van der Waals surface area contributed by atoms with Gasteiger partial charge in [0.2, 0.25) is 0 Å². The molecule has 1 aliphatic rings. The molecule has 0 radical (unpaired) electrons. The lowest BCUT2D eigenvalue weighted by Crippen LogP contribution is -2.33. The fraction of sp³-hybridized carbons (Fsp3) is 0.500. The molecule has 19 heavy (non-hydrogen) atoms. The van der Waals surface area contributed by atoms with E-state index in [1.54, 1.807) is 0 Å². The summed E-state index contributed by atoms with van der Waals surface area (Å²) in [5.74, 6) is 0. The molecule has 0 aromatic heterocycles. The number of ether oxygens (including phenoxy) is 1. The van der Waals surface area contributed by atoms with Crippen molar-refractivity contribution in [3.8, 4) is 0 Å². The molecule has 3 N–H and O–H groups in total. The molecule has 1 aromatic carbocycles. The van der Waals surface area contributed by atoms with Crippen LogP contribution in [0.3, 0.4) is 0 Å². The smallest absolute Gasteiger partial charge is 0.104 e. The van der Waals surface area contributed by atoms with Gasteiger partial charge in [0.1, 0.15) is 4.99 Å². The van der Waals surface area contributed by atoms with Crippen LogP contribution in [0.5, 0.6) is 0 Å². The lowest BCUT2D eigenvalue weighted by Gasteiger charge is -2.34. The van der Waals surface area contributed by atoms with Crippen molar-refractivity contribution in [2.24, 2.45) is 11.1 Å². The van der Waals surface area contributed by atoms with Crippen molar-refractivity contribution in [2.75, 3.05) is 25.1 Å². The second kappa shape index (κ2) is 6.20. The molecule has 1 aliphatic heterocycles. The number of nitrogens with one attached hydrogen (secondary N) is 1. The van der Waals surface area contributed by atoms with Gasteiger partial charge in [0.15, 0.2) is 0 Å². The molecule has 1 heterocycles. The number of hydrogen-bond donors (Lipinski definition) is 2. The van der Waals surface area contributed by atoms with Gasteiger partial charge < -0.3 is 15.8 Å². The molecule has 1 saturated heterocycles. The normalized spacial score (nSPS) is 18.0. The van der Waals surface area contributed by atoms with Crippen molar-refractivity contribution in [3.05, 3.63) is 28.2 Å². The molecular formula is C14H19BrN2OS. The van der Waals surface area contributed by atoms with Crippen LogP contribution < -0.4 is 11.1 Å². The van der Waals surface area contributed by atoms with Gasteiger partial charge in [0, 0.05) is 35.5 Å². The Labute approximate surface area is 128 Å². The predicted octanol–water partition coefficient (Wildman–Crippen LogP) is 3.31. The van der Waals surface area contributed by atoms with Gasteiger partial charge in [-0.15, -0.1) is 0 Å². The van der Waals surface area contributed by atoms with Crippen LogP contribution in [0.1, 0.15) is 25.3 Å². The monoisotopic (exact) mass is 342 g/mol. The molecule has 104 valence electrons. The van der Waals surface area contributed by atoms with Crippen LogP contribution in [0.15, 0.2) is 22.7 Å². The number of anilines is 1. The summed E-state index contributed by atoms with van der Waals surface area (Å²) in [6.45, 7) is 4.97. The van der Waals surface area contributed by atoms with Gasteiger partial charge in [0.25, 0.3) is 0 Å². The summed E-state index contributed by atoms with van der Waals surface area (Å²) < 4.78 is 6.41. The van der Waals surface area contributed by atoms with E-state index in [1.807, 2.05) is 18.2 Å². The second-order valence-electron chi connectivity index (χ2n) is 5.34. The van der Waals surface area contributed by atoms with Crippen LogP contribution in [-0.4, -0.2) is 24.7 Å². The van der Waals surface area contributed by atoms with Crippen molar-refractivity contribution >= 4 is 38.8 Å². The molecule has 0 aliphatic carbocycles. The summed E-state index contributed by atoms with van der Waals surface area (Å²) in [7, 11) is 0. The Morgan fingerprint density at radius 2 is 2.16 bits per heavy atom. The summed E-state index contributed by atoms with van der Waals surface area (Å²) in [6, 6.07) is 5.92. The highest BCUT2D eigenvalue weighted by Crippen LogP contribution is 2.31. The van der Waals surface area contributed by atoms with Gasteiger partial charge in [-0.05, 0) is 52.4 Å². The lowest BCUT2D eigenvalue weighted by atomic mass is 9.82. The Morgan fingerprint density at radius 1 is 1.47 bits per heavy atom. The summed E-state index contributed by atoms with van der Waals surface area (Å²) in [5, 5.41) is 3.50. The van der Waals surface area contributed by atoms with E-state index in [0.717, 1.165) is 48.3 Å². The third-order valence-corrected chi connectivity index (χ3v) is 4.55. The van der Waals surface area contributed by atoms with Gasteiger partial charge in [-0.1, -0.05) is 19.1 Å². The lowest BCUT2D eigenvalue weighted by molar-refractivity contribution is 0.0300. The summed E-state index contributed by atoms with van der Waals surface area (Å²) >= 11 is 8.53. The number of thiocarbonyl (C=S) groups is 1. The number of benzene rings is 1. The van der Waals surface area contributed by atoms with Crippen LogP contribution in [0, 0.1) is 5.41 Å². The van der Waals surface area contributed by atoms with Gasteiger partial charge in [-0.2, -0.15) is 0 Å². The first-order valence-electron chi connectivity index (χ1n) is 6.41. The molecule has 5 heteroatoms. The maximum atomic E-state index is 5.62.